The Kier molecular flexibility index (Phi) is 6.49. The highest BCUT2D eigenvalue weighted by atomic mass is 16.5. The fourth-order valence-corrected chi connectivity index (χ4v) is 2.33. The zero-order valence-corrected chi connectivity index (χ0v) is 14.7. The second-order valence-electron chi connectivity index (χ2n) is 5.80. The molecule has 2 N–H and O–H groups in total. The number of hydrogen-bond donors (Lipinski definition) is 2. The van der Waals surface area contributed by atoms with Gasteiger partial charge in [0.1, 0.15) is 11.3 Å². The van der Waals surface area contributed by atoms with Gasteiger partial charge >= 0.3 is 5.97 Å². The second-order valence-corrected chi connectivity index (χ2v) is 5.80. The predicted octanol–water partition coefficient (Wildman–Crippen LogP) is 3.56. The molecule has 2 aromatic carbocycles. The summed E-state index contributed by atoms with van der Waals surface area (Å²) in [6.07, 6.45) is 0.171. The second kappa shape index (κ2) is 8.80. The van der Waals surface area contributed by atoms with Gasteiger partial charge in [0.15, 0.2) is 6.10 Å². The number of phenols is 1. The van der Waals surface area contributed by atoms with E-state index in [0.29, 0.717) is 17.7 Å². The van der Waals surface area contributed by atoms with Crippen LogP contribution in [0.4, 0.5) is 5.69 Å². The Morgan fingerprint density at radius 3 is 2.35 bits per heavy atom. The largest absolute Gasteiger partial charge is 0.507 e. The highest BCUT2D eigenvalue weighted by Gasteiger charge is 2.21. The Morgan fingerprint density at radius 1 is 1.08 bits per heavy atom. The number of ketones is 1. The molecule has 0 aromatic heterocycles. The fourth-order valence-electron chi connectivity index (χ4n) is 2.33. The molecular formula is C20H21NO5. The summed E-state index contributed by atoms with van der Waals surface area (Å²) in [4.78, 5) is 36.0. The van der Waals surface area contributed by atoms with E-state index in [9.17, 15) is 19.5 Å². The molecule has 0 aliphatic heterocycles. The molecule has 1 atom stereocenters. The molecule has 6 heteroatoms. The summed E-state index contributed by atoms with van der Waals surface area (Å²) in [5, 5.41) is 12.4. The minimum Gasteiger partial charge on any atom is -0.507 e. The van der Waals surface area contributed by atoms with Gasteiger partial charge in [-0.3, -0.25) is 9.59 Å². The van der Waals surface area contributed by atoms with Crippen LogP contribution in [0.3, 0.4) is 0 Å². The van der Waals surface area contributed by atoms with Gasteiger partial charge in [-0.25, -0.2) is 4.79 Å². The number of anilines is 1. The summed E-state index contributed by atoms with van der Waals surface area (Å²) in [5.41, 5.74) is 0.955. The van der Waals surface area contributed by atoms with Crippen molar-refractivity contribution >= 4 is 23.3 Å². The summed E-state index contributed by atoms with van der Waals surface area (Å²) >= 11 is 0. The number of hydrogen-bond acceptors (Lipinski definition) is 5. The van der Waals surface area contributed by atoms with Gasteiger partial charge in [-0.15, -0.1) is 0 Å². The summed E-state index contributed by atoms with van der Waals surface area (Å²) in [6.45, 7) is 3.39. The normalized spacial score (nSPS) is 11.5. The number of rotatable bonds is 7. The number of benzene rings is 2. The highest BCUT2D eigenvalue weighted by Crippen LogP contribution is 2.18. The van der Waals surface area contributed by atoms with E-state index in [2.05, 4.69) is 5.32 Å². The molecular weight excluding hydrogens is 334 g/mol. The van der Waals surface area contributed by atoms with E-state index in [1.807, 2.05) is 6.92 Å². The van der Waals surface area contributed by atoms with E-state index in [1.54, 1.807) is 36.4 Å². The lowest BCUT2D eigenvalue weighted by Crippen LogP contribution is -2.24. The van der Waals surface area contributed by atoms with E-state index in [4.69, 9.17) is 4.74 Å². The monoisotopic (exact) mass is 355 g/mol. The first-order valence-corrected chi connectivity index (χ1v) is 8.35. The first kappa shape index (κ1) is 19.2. The maximum atomic E-state index is 12.4. The van der Waals surface area contributed by atoms with Crippen molar-refractivity contribution in [2.45, 2.75) is 32.8 Å². The SMILES string of the molecule is CCCC(=O)Nc1ccc(C(=O)[C@H](C)OC(=O)c2ccccc2O)cc1. The topological polar surface area (TPSA) is 92.7 Å². The van der Waals surface area contributed by atoms with Crippen LogP contribution < -0.4 is 5.32 Å². The lowest BCUT2D eigenvalue weighted by Gasteiger charge is -2.13. The summed E-state index contributed by atoms with van der Waals surface area (Å²) < 4.78 is 5.14. The number of nitrogens with one attached hydrogen (secondary N) is 1. The Balaban J connectivity index is 2.00. The van der Waals surface area contributed by atoms with Crippen molar-refractivity contribution in [1.82, 2.24) is 0 Å². The van der Waals surface area contributed by atoms with Gasteiger partial charge in [0, 0.05) is 17.7 Å². The lowest BCUT2D eigenvalue weighted by atomic mass is 10.1. The number of amides is 1. The molecule has 0 saturated heterocycles. The summed E-state index contributed by atoms with van der Waals surface area (Å²) in [7, 11) is 0. The molecule has 0 aliphatic carbocycles. The summed E-state index contributed by atoms with van der Waals surface area (Å²) in [6, 6.07) is 12.3. The maximum absolute atomic E-state index is 12.4. The number of esters is 1. The Labute approximate surface area is 151 Å². The number of aromatic hydroxyl groups is 1. The molecule has 26 heavy (non-hydrogen) atoms. The molecule has 1 amide bonds. The molecule has 0 bridgehead atoms. The Hall–Kier alpha value is -3.15. The van der Waals surface area contributed by atoms with Crippen LogP contribution in [0.15, 0.2) is 48.5 Å². The average molecular weight is 355 g/mol. The zero-order chi connectivity index (χ0) is 19.1. The van der Waals surface area contributed by atoms with Gasteiger partial charge in [0.25, 0.3) is 0 Å². The number of carbonyl (C=O) groups is 3. The summed E-state index contributed by atoms with van der Waals surface area (Å²) in [5.74, 6) is -1.44. The first-order valence-electron chi connectivity index (χ1n) is 8.35. The maximum Gasteiger partial charge on any atom is 0.342 e. The molecule has 0 unspecified atom stereocenters. The number of para-hydroxylation sites is 1. The van der Waals surface area contributed by atoms with Crippen molar-refractivity contribution in [2.75, 3.05) is 5.32 Å². The smallest absolute Gasteiger partial charge is 0.342 e. The van der Waals surface area contributed by atoms with Crippen LogP contribution in [-0.2, 0) is 9.53 Å². The van der Waals surface area contributed by atoms with E-state index in [1.165, 1.54) is 19.1 Å². The van der Waals surface area contributed by atoms with Crippen LogP contribution in [0, 0.1) is 0 Å². The van der Waals surface area contributed by atoms with Gasteiger partial charge in [0.05, 0.1) is 0 Å². The van der Waals surface area contributed by atoms with Crippen LogP contribution in [-0.4, -0.2) is 28.9 Å². The van der Waals surface area contributed by atoms with Crippen LogP contribution in [0.2, 0.25) is 0 Å². The Morgan fingerprint density at radius 2 is 1.73 bits per heavy atom. The number of phenolic OH excluding ortho intramolecular Hbond substituents is 1. The molecule has 0 radical (unpaired) electrons. The molecule has 2 aromatic rings. The van der Waals surface area contributed by atoms with Crippen molar-refractivity contribution in [2.24, 2.45) is 0 Å². The van der Waals surface area contributed by atoms with Gasteiger partial charge in [-0.2, -0.15) is 0 Å². The van der Waals surface area contributed by atoms with E-state index in [0.717, 1.165) is 6.42 Å². The van der Waals surface area contributed by atoms with Crippen LogP contribution in [0.25, 0.3) is 0 Å². The Bertz CT molecular complexity index is 798. The minimum absolute atomic E-state index is 0.00105. The lowest BCUT2D eigenvalue weighted by molar-refractivity contribution is -0.116. The van der Waals surface area contributed by atoms with E-state index < -0.39 is 12.1 Å². The molecule has 0 fully saturated rings. The van der Waals surface area contributed by atoms with Gasteiger partial charge in [-0.1, -0.05) is 19.1 Å². The average Bonchev–Trinajstić information content (AvgIpc) is 2.62. The van der Waals surface area contributed by atoms with E-state index in [-0.39, 0.29) is 23.0 Å². The molecule has 136 valence electrons. The third-order valence-electron chi connectivity index (χ3n) is 3.71. The van der Waals surface area contributed by atoms with Gasteiger partial charge in [0.2, 0.25) is 11.7 Å². The number of ether oxygens (including phenoxy) is 1. The third-order valence-corrected chi connectivity index (χ3v) is 3.71. The van der Waals surface area contributed by atoms with E-state index >= 15 is 0 Å². The molecule has 6 nitrogen and oxygen atoms in total. The van der Waals surface area contributed by atoms with Crippen molar-refractivity contribution in [1.29, 1.82) is 0 Å². The molecule has 0 saturated carbocycles. The molecule has 0 heterocycles. The zero-order valence-electron chi connectivity index (χ0n) is 14.7. The number of Topliss-reactive ketones (excluding diaryl/α,β-unsaturated/α-hetero) is 1. The predicted molar refractivity (Wildman–Crippen MR) is 97.3 cm³/mol. The quantitative estimate of drug-likeness (QED) is 0.585. The first-order chi connectivity index (χ1) is 12.4. The minimum atomic E-state index is -1.01. The van der Waals surface area contributed by atoms with Crippen molar-refractivity contribution in [3.05, 3.63) is 59.7 Å². The van der Waals surface area contributed by atoms with Crippen molar-refractivity contribution in [3.8, 4) is 5.75 Å². The number of carbonyl (C=O) groups excluding carboxylic acids is 3. The molecule has 0 aliphatic rings. The fraction of sp³-hybridized carbons (Fsp3) is 0.250. The third kappa shape index (κ3) is 4.92. The van der Waals surface area contributed by atoms with Crippen LogP contribution in [0.5, 0.6) is 5.75 Å². The van der Waals surface area contributed by atoms with Crippen molar-refractivity contribution < 1.29 is 24.2 Å². The highest BCUT2D eigenvalue weighted by molar-refractivity contribution is 6.02. The van der Waals surface area contributed by atoms with Gasteiger partial charge in [-0.05, 0) is 49.7 Å². The molecule has 0 spiro atoms. The standard InChI is InChI=1S/C20H21NO5/c1-3-6-18(23)21-15-11-9-14(10-12-15)19(24)13(2)26-20(25)16-7-4-5-8-17(16)22/h4-5,7-13,22H,3,6H2,1-2H3,(H,21,23)/t13-/m0/s1. The molecule has 2 rings (SSSR count). The van der Waals surface area contributed by atoms with Crippen molar-refractivity contribution in [3.63, 3.8) is 0 Å². The van der Waals surface area contributed by atoms with Crippen LogP contribution in [0.1, 0.15) is 47.4 Å². The van der Waals surface area contributed by atoms with Crippen LogP contribution >= 0.6 is 0 Å². The van der Waals surface area contributed by atoms with Gasteiger partial charge < -0.3 is 15.2 Å².